The highest BCUT2D eigenvalue weighted by Crippen LogP contribution is 1.97. The number of rotatable bonds is 3. The molecule has 1 atom stereocenters. The molecule has 4 nitrogen and oxygen atoms in total. The lowest BCUT2D eigenvalue weighted by Crippen LogP contribution is -2.31. The Kier molecular flexibility index (Phi) is 2.85. The van der Waals surface area contributed by atoms with Gasteiger partial charge in [-0.3, -0.25) is 4.79 Å². The standard InChI is InChI=1S/C8H12N2O2/c1-3-6(2)10-8(11)7-4-9-5-12-7/h4-6H,3H2,1-2H3,(H,10,11). The zero-order chi connectivity index (χ0) is 8.97. The first-order valence-corrected chi connectivity index (χ1v) is 3.93. The van der Waals surface area contributed by atoms with Gasteiger partial charge in [0.05, 0.1) is 6.20 Å². The molecule has 0 spiro atoms. The molecule has 0 aromatic carbocycles. The second-order valence-electron chi connectivity index (χ2n) is 2.65. The van der Waals surface area contributed by atoms with E-state index in [1.165, 1.54) is 12.6 Å². The number of oxazole rings is 1. The maximum absolute atomic E-state index is 11.2. The fourth-order valence-electron chi connectivity index (χ4n) is 0.725. The molecule has 12 heavy (non-hydrogen) atoms. The maximum Gasteiger partial charge on any atom is 0.288 e. The van der Waals surface area contributed by atoms with Crippen LogP contribution in [0.2, 0.25) is 0 Å². The molecule has 0 radical (unpaired) electrons. The molecule has 1 unspecified atom stereocenters. The molecule has 0 saturated heterocycles. The van der Waals surface area contributed by atoms with Gasteiger partial charge in [-0.15, -0.1) is 0 Å². The van der Waals surface area contributed by atoms with Gasteiger partial charge in [0, 0.05) is 6.04 Å². The number of amides is 1. The average Bonchev–Trinajstić information content (AvgIpc) is 2.56. The number of carbonyl (C=O) groups is 1. The lowest BCUT2D eigenvalue weighted by Gasteiger charge is -2.08. The first-order chi connectivity index (χ1) is 5.74. The maximum atomic E-state index is 11.2. The van der Waals surface area contributed by atoms with Crippen molar-refractivity contribution in [2.24, 2.45) is 0 Å². The lowest BCUT2D eigenvalue weighted by atomic mass is 10.2. The van der Waals surface area contributed by atoms with E-state index in [1.807, 2.05) is 13.8 Å². The molecule has 0 aliphatic heterocycles. The third-order valence-corrected chi connectivity index (χ3v) is 1.65. The molecule has 1 N–H and O–H groups in total. The summed E-state index contributed by atoms with van der Waals surface area (Å²) in [7, 11) is 0. The Morgan fingerprint density at radius 2 is 2.58 bits per heavy atom. The molecule has 1 aromatic heterocycles. The minimum atomic E-state index is -0.207. The number of nitrogens with one attached hydrogen (secondary N) is 1. The van der Waals surface area contributed by atoms with Crippen LogP contribution < -0.4 is 5.32 Å². The summed E-state index contributed by atoms with van der Waals surface area (Å²) in [5, 5.41) is 2.76. The average molecular weight is 168 g/mol. The van der Waals surface area contributed by atoms with E-state index in [0.717, 1.165) is 6.42 Å². The molecule has 1 aromatic rings. The predicted octanol–water partition coefficient (Wildman–Crippen LogP) is 1.20. The fourth-order valence-corrected chi connectivity index (χ4v) is 0.725. The zero-order valence-corrected chi connectivity index (χ0v) is 7.20. The van der Waals surface area contributed by atoms with E-state index in [4.69, 9.17) is 4.42 Å². The molecule has 1 heterocycles. The number of nitrogens with zero attached hydrogens (tertiary/aromatic N) is 1. The van der Waals surface area contributed by atoms with E-state index in [-0.39, 0.29) is 17.7 Å². The SMILES string of the molecule is CCC(C)NC(=O)c1cnco1. The van der Waals surface area contributed by atoms with Crippen molar-refractivity contribution >= 4 is 5.91 Å². The molecule has 66 valence electrons. The normalized spacial score (nSPS) is 12.5. The van der Waals surface area contributed by atoms with Crippen molar-refractivity contribution < 1.29 is 9.21 Å². The van der Waals surface area contributed by atoms with Crippen molar-refractivity contribution in [2.75, 3.05) is 0 Å². The van der Waals surface area contributed by atoms with E-state index in [9.17, 15) is 4.79 Å². The summed E-state index contributed by atoms with van der Waals surface area (Å²) in [4.78, 5) is 14.9. The van der Waals surface area contributed by atoms with Gasteiger partial charge in [0.2, 0.25) is 5.76 Å². The van der Waals surface area contributed by atoms with Gasteiger partial charge < -0.3 is 9.73 Å². The van der Waals surface area contributed by atoms with Crippen molar-refractivity contribution in [3.05, 3.63) is 18.4 Å². The number of hydrogen-bond donors (Lipinski definition) is 1. The first kappa shape index (κ1) is 8.77. The zero-order valence-electron chi connectivity index (χ0n) is 7.20. The molecule has 0 aliphatic rings. The topological polar surface area (TPSA) is 55.1 Å². The monoisotopic (exact) mass is 168 g/mol. The van der Waals surface area contributed by atoms with Crippen LogP contribution in [0.15, 0.2) is 17.0 Å². The number of aromatic nitrogens is 1. The predicted molar refractivity (Wildman–Crippen MR) is 43.7 cm³/mol. The molecule has 0 aliphatic carbocycles. The molecule has 0 saturated carbocycles. The van der Waals surface area contributed by atoms with Gasteiger partial charge in [0.25, 0.3) is 5.91 Å². The van der Waals surface area contributed by atoms with E-state index in [1.54, 1.807) is 0 Å². The van der Waals surface area contributed by atoms with Crippen LogP contribution in [0.25, 0.3) is 0 Å². The third-order valence-electron chi connectivity index (χ3n) is 1.65. The molecular weight excluding hydrogens is 156 g/mol. The van der Waals surface area contributed by atoms with Crippen LogP contribution in [-0.2, 0) is 0 Å². The number of carbonyl (C=O) groups excluding carboxylic acids is 1. The molecule has 0 bridgehead atoms. The third kappa shape index (κ3) is 2.08. The Morgan fingerprint density at radius 3 is 3.08 bits per heavy atom. The van der Waals surface area contributed by atoms with Crippen molar-refractivity contribution in [3.8, 4) is 0 Å². The van der Waals surface area contributed by atoms with Crippen LogP contribution in [0.5, 0.6) is 0 Å². The van der Waals surface area contributed by atoms with E-state index >= 15 is 0 Å². The summed E-state index contributed by atoms with van der Waals surface area (Å²) in [6, 6.07) is 0.169. The highest BCUT2D eigenvalue weighted by atomic mass is 16.3. The Labute approximate surface area is 71.0 Å². The van der Waals surface area contributed by atoms with Crippen LogP contribution in [0, 0.1) is 0 Å². The Bertz CT molecular complexity index is 244. The van der Waals surface area contributed by atoms with Gasteiger partial charge in [0.1, 0.15) is 0 Å². The van der Waals surface area contributed by atoms with Crippen LogP contribution in [-0.4, -0.2) is 16.9 Å². The summed E-state index contributed by atoms with van der Waals surface area (Å²) in [6.07, 6.45) is 3.54. The summed E-state index contributed by atoms with van der Waals surface area (Å²) < 4.78 is 4.82. The van der Waals surface area contributed by atoms with Crippen molar-refractivity contribution in [3.63, 3.8) is 0 Å². The van der Waals surface area contributed by atoms with Crippen LogP contribution in [0.3, 0.4) is 0 Å². The smallest absolute Gasteiger partial charge is 0.288 e. The van der Waals surface area contributed by atoms with Crippen LogP contribution >= 0.6 is 0 Å². The molecular formula is C8H12N2O2. The summed E-state index contributed by atoms with van der Waals surface area (Å²) in [6.45, 7) is 3.94. The van der Waals surface area contributed by atoms with Gasteiger partial charge in [-0.2, -0.15) is 0 Å². The minimum absolute atomic E-state index is 0.169. The lowest BCUT2D eigenvalue weighted by molar-refractivity contribution is 0.0911. The first-order valence-electron chi connectivity index (χ1n) is 3.93. The summed E-state index contributed by atoms with van der Waals surface area (Å²) >= 11 is 0. The largest absolute Gasteiger partial charge is 0.438 e. The molecule has 1 rings (SSSR count). The molecule has 1 amide bonds. The summed E-state index contributed by atoms with van der Waals surface area (Å²) in [5.74, 6) is 0.0529. The second-order valence-corrected chi connectivity index (χ2v) is 2.65. The highest BCUT2D eigenvalue weighted by Gasteiger charge is 2.10. The number of hydrogen-bond acceptors (Lipinski definition) is 3. The van der Waals surface area contributed by atoms with Crippen LogP contribution in [0.4, 0.5) is 0 Å². The quantitative estimate of drug-likeness (QED) is 0.737. The van der Waals surface area contributed by atoms with E-state index in [0.29, 0.717) is 0 Å². The minimum Gasteiger partial charge on any atom is -0.438 e. The molecule has 4 heteroatoms. The van der Waals surface area contributed by atoms with Gasteiger partial charge in [0.15, 0.2) is 6.39 Å². The second kappa shape index (κ2) is 3.90. The highest BCUT2D eigenvalue weighted by molar-refractivity contribution is 5.91. The fraction of sp³-hybridized carbons (Fsp3) is 0.500. The van der Waals surface area contributed by atoms with Crippen molar-refractivity contribution in [1.82, 2.24) is 10.3 Å². The van der Waals surface area contributed by atoms with Crippen molar-refractivity contribution in [2.45, 2.75) is 26.3 Å². The molecule has 0 fully saturated rings. The van der Waals surface area contributed by atoms with Gasteiger partial charge >= 0.3 is 0 Å². The Morgan fingerprint density at radius 1 is 1.83 bits per heavy atom. The van der Waals surface area contributed by atoms with E-state index in [2.05, 4.69) is 10.3 Å². The van der Waals surface area contributed by atoms with Gasteiger partial charge in [-0.1, -0.05) is 6.92 Å². The van der Waals surface area contributed by atoms with Crippen LogP contribution in [0.1, 0.15) is 30.8 Å². The van der Waals surface area contributed by atoms with E-state index < -0.39 is 0 Å². The van der Waals surface area contributed by atoms with Crippen molar-refractivity contribution in [1.29, 1.82) is 0 Å². The summed E-state index contributed by atoms with van der Waals surface area (Å²) in [5.41, 5.74) is 0. The van der Waals surface area contributed by atoms with Gasteiger partial charge in [-0.25, -0.2) is 4.98 Å². The Hall–Kier alpha value is -1.32. The Balaban J connectivity index is 2.50. The van der Waals surface area contributed by atoms with Gasteiger partial charge in [-0.05, 0) is 13.3 Å².